The van der Waals surface area contributed by atoms with Crippen LogP contribution in [0.4, 0.5) is 0 Å². The van der Waals surface area contributed by atoms with Crippen molar-refractivity contribution in [3.05, 3.63) is 48.0 Å². The Morgan fingerprint density at radius 2 is 2.00 bits per heavy atom. The van der Waals surface area contributed by atoms with Gasteiger partial charge in [0.05, 0.1) is 12.8 Å². The molecule has 28 heavy (non-hydrogen) atoms. The van der Waals surface area contributed by atoms with Crippen LogP contribution in [-0.4, -0.2) is 66.0 Å². The number of aliphatic hydroxyl groups excluding tert-OH is 1. The zero-order valence-electron chi connectivity index (χ0n) is 17.1. The van der Waals surface area contributed by atoms with Crippen LogP contribution in [0.3, 0.4) is 0 Å². The Labute approximate surface area is 167 Å². The topological polar surface area (TPSA) is 79.7 Å². The number of nitrogens with one attached hydrogen (secondary N) is 1. The molecule has 1 atom stereocenters. The summed E-state index contributed by atoms with van der Waals surface area (Å²) in [6.07, 6.45) is 5.46. The third-order valence-electron chi connectivity index (χ3n) is 4.53. The zero-order chi connectivity index (χ0) is 20.2. The van der Waals surface area contributed by atoms with Crippen LogP contribution in [0.15, 0.2) is 36.8 Å². The summed E-state index contributed by atoms with van der Waals surface area (Å²) in [5.41, 5.74) is 2.08. The standard InChI is InChI=1S/C21H32N4O3/c1-4-25(5-2)15-19(26)16-28-20-7-6-17(12-21(20)27-3)13-22-9-8-18-14-23-10-11-24-18/h6-7,10-12,14,19,22,26H,4-5,8-9,13,15-16H2,1-3H3. The number of benzene rings is 1. The molecule has 0 aliphatic carbocycles. The Hall–Kier alpha value is -2.22. The Kier molecular flexibility index (Phi) is 9.68. The first-order valence-corrected chi connectivity index (χ1v) is 9.82. The summed E-state index contributed by atoms with van der Waals surface area (Å²) in [6, 6.07) is 5.86. The average Bonchev–Trinajstić information content (AvgIpc) is 2.74. The van der Waals surface area contributed by atoms with Gasteiger partial charge in [0, 0.05) is 44.6 Å². The van der Waals surface area contributed by atoms with E-state index in [1.807, 2.05) is 18.2 Å². The second kappa shape index (κ2) is 12.3. The van der Waals surface area contributed by atoms with Gasteiger partial charge in [0.25, 0.3) is 0 Å². The fraction of sp³-hybridized carbons (Fsp3) is 0.524. The number of rotatable bonds is 13. The average molecular weight is 389 g/mol. The summed E-state index contributed by atoms with van der Waals surface area (Å²) < 4.78 is 11.2. The maximum Gasteiger partial charge on any atom is 0.161 e. The van der Waals surface area contributed by atoms with E-state index in [9.17, 15) is 5.11 Å². The fourth-order valence-corrected chi connectivity index (χ4v) is 2.87. The smallest absolute Gasteiger partial charge is 0.161 e. The van der Waals surface area contributed by atoms with Gasteiger partial charge in [-0.25, -0.2) is 0 Å². The summed E-state index contributed by atoms with van der Waals surface area (Å²) in [5.74, 6) is 1.31. The molecule has 0 fully saturated rings. The van der Waals surface area contributed by atoms with Crippen molar-refractivity contribution in [2.24, 2.45) is 0 Å². The molecule has 2 N–H and O–H groups in total. The van der Waals surface area contributed by atoms with E-state index in [2.05, 4.69) is 34.0 Å². The van der Waals surface area contributed by atoms with E-state index >= 15 is 0 Å². The molecule has 154 valence electrons. The Bertz CT molecular complexity index is 681. The number of ether oxygens (including phenoxy) is 2. The summed E-state index contributed by atoms with van der Waals surface area (Å²) in [4.78, 5) is 10.5. The number of methoxy groups -OCH3 is 1. The largest absolute Gasteiger partial charge is 0.493 e. The van der Waals surface area contributed by atoms with Crippen molar-refractivity contribution >= 4 is 0 Å². The van der Waals surface area contributed by atoms with Crippen molar-refractivity contribution in [3.63, 3.8) is 0 Å². The van der Waals surface area contributed by atoms with Crippen LogP contribution in [0.1, 0.15) is 25.1 Å². The molecule has 2 rings (SSSR count). The molecule has 0 saturated heterocycles. The lowest BCUT2D eigenvalue weighted by Gasteiger charge is -2.22. The molecule has 0 aliphatic rings. The summed E-state index contributed by atoms with van der Waals surface area (Å²) in [7, 11) is 1.62. The van der Waals surface area contributed by atoms with Gasteiger partial charge < -0.3 is 24.8 Å². The lowest BCUT2D eigenvalue weighted by molar-refractivity contribution is 0.0705. The molecular formula is C21H32N4O3. The highest BCUT2D eigenvalue weighted by atomic mass is 16.5. The number of hydrogen-bond acceptors (Lipinski definition) is 7. The van der Waals surface area contributed by atoms with E-state index in [1.54, 1.807) is 25.7 Å². The first-order chi connectivity index (χ1) is 13.7. The molecule has 1 aromatic carbocycles. The lowest BCUT2D eigenvalue weighted by Crippen LogP contribution is -2.35. The highest BCUT2D eigenvalue weighted by Gasteiger charge is 2.12. The second-order valence-electron chi connectivity index (χ2n) is 6.56. The molecule has 2 aromatic rings. The van der Waals surface area contributed by atoms with Crippen molar-refractivity contribution < 1.29 is 14.6 Å². The Morgan fingerprint density at radius 3 is 2.68 bits per heavy atom. The third kappa shape index (κ3) is 7.42. The first-order valence-electron chi connectivity index (χ1n) is 9.82. The van der Waals surface area contributed by atoms with Crippen LogP contribution in [0.25, 0.3) is 0 Å². The molecule has 0 radical (unpaired) electrons. The second-order valence-corrected chi connectivity index (χ2v) is 6.56. The van der Waals surface area contributed by atoms with Crippen LogP contribution in [0.5, 0.6) is 11.5 Å². The highest BCUT2D eigenvalue weighted by Crippen LogP contribution is 2.28. The molecule has 0 amide bonds. The van der Waals surface area contributed by atoms with Gasteiger partial charge in [0.2, 0.25) is 0 Å². The minimum absolute atomic E-state index is 0.239. The molecule has 1 unspecified atom stereocenters. The van der Waals surface area contributed by atoms with Crippen molar-refractivity contribution in [1.29, 1.82) is 0 Å². The van der Waals surface area contributed by atoms with Gasteiger partial charge >= 0.3 is 0 Å². The number of aromatic nitrogens is 2. The van der Waals surface area contributed by atoms with Gasteiger partial charge in [-0.15, -0.1) is 0 Å². The van der Waals surface area contributed by atoms with E-state index in [-0.39, 0.29) is 6.61 Å². The zero-order valence-corrected chi connectivity index (χ0v) is 17.1. The summed E-state index contributed by atoms with van der Waals surface area (Å²) in [5, 5.41) is 13.6. The van der Waals surface area contributed by atoms with Gasteiger partial charge in [-0.1, -0.05) is 19.9 Å². The van der Waals surface area contributed by atoms with Gasteiger partial charge in [-0.2, -0.15) is 0 Å². The SMILES string of the molecule is CCN(CC)CC(O)COc1ccc(CNCCc2cnccn2)cc1OC. The van der Waals surface area contributed by atoms with Crippen LogP contribution in [0.2, 0.25) is 0 Å². The first kappa shape index (κ1) is 22.1. The minimum atomic E-state index is -0.535. The molecule has 1 heterocycles. The quantitative estimate of drug-likeness (QED) is 0.507. The van der Waals surface area contributed by atoms with Crippen molar-refractivity contribution in [2.45, 2.75) is 32.9 Å². The van der Waals surface area contributed by atoms with Gasteiger partial charge in [0.1, 0.15) is 12.7 Å². The number of nitrogens with zero attached hydrogens (tertiary/aromatic N) is 3. The van der Waals surface area contributed by atoms with Crippen LogP contribution < -0.4 is 14.8 Å². The minimum Gasteiger partial charge on any atom is -0.493 e. The Balaban J connectivity index is 1.80. The summed E-state index contributed by atoms with van der Waals surface area (Å²) in [6.45, 7) is 8.37. The van der Waals surface area contributed by atoms with E-state index in [0.29, 0.717) is 18.0 Å². The maximum absolute atomic E-state index is 10.2. The summed E-state index contributed by atoms with van der Waals surface area (Å²) >= 11 is 0. The number of aliphatic hydroxyl groups is 1. The van der Waals surface area contributed by atoms with E-state index in [0.717, 1.165) is 43.9 Å². The van der Waals surface area contributed by atoms with Crippen molar-refractivity contribution in [1.82, 2.24) is 20.2 Å². The van der Waals surface area contributed by atoms with Crippen LogP contribution in [-0.2, 0) is 13.0 Å². The Morgan fingerprint density at radius 1 is 1.18 bits per heavy atom. The van der Waals surface area contributed by atoms with E-state index < -0.39 is 6.10 Å². The van der Waals surface area contributed by atoms with E-state index in [1.165, 1.54) is 0 Å². The number of hydrogen-bond donors (Lipinski definition) is 2. The molecule has 7 nitrogen and oxygen atoms in total. The molecule has 0 saturated carbocycles. The van der Waals surface area contributed by atoms with Crippen molar-refractivity contribution in [3.8, 4) is 11.5 Å². The van der Waals surface area contributed by atoms with E-state index in [4.69, 9.17) is 9.47 Å². The predicted molar refractivity (Wildman–Crippen MR) is 110 cm³/mol. The molecule has 0 bridgehead atoms. The highest BCUT2D eigenvalue weighted by molar-refractivity contribution is 5.43. The molecule has 0 aliphatic heterocycles. The van der Waals surface area contributed by atoms with Crippen LogP contribution in [0, 0.1) is 0 Å². The van der Waals surface area contributed by atoms with Gasteiger partial charge in [0.15, 0.2) is 11.5 Å². The van der Waals surface area contributed by atoms with Crippen molar-refractivity contribution in [2.75, 3.05) is 39.9 Å². The van der Waals surface area contributed by atoms with Gasteiger partial charge in [-0.05, 0) is 30.8 Å². The normalized spacial score (nSPS) is 12.2. The third-order valence-corrected chi connectivity index (χ3v) is 4.53. The number of likely N-dealkylation sites (N-methyl/N-ethyl adjacent to an activating group) is 1. The molecule has 1 aromatic heterocycles. The predicted octanol–water partition coefficient (Wildman–Crippen LogP) is 1.90. The monoisotopic (exact) mass is 388 g/mol. The molecular weight excluding hydrogens is 356 g/mol. The molecule has 7 heteroatoms. The van der Waals surface area contributed by atoms with Gasteiger partial charge in [-0.3, -0.25) is 9.97 Å². The lowest BCUT2D eigenvalue weighted by atomic mass is 10.2. The fourth-order valence-electron chi connectivity index (χ4n) is 2.87. The van der Waals surface area contributed by atoms with Crippen LogP contribution >= 0.6 is 0 Å². The maximum atomic E-state index is 10.2. The molecule has 0 spiro atoms.